The number of aromatic nitrogens is 1. The maximum Gasteiger partial charge on any atom is 0.146 e. The van der Waals surface area contributed by atoms with Gasteiger partial charge in [0.25, 0.3) is 0 Å². The van der Waals surface area contributed by atoms with Crippen molar-refractivity contribution in [2.75, 3.05) is 5.73 Å². The molecule has 0 unspecified atom stereocenters. The zero-order chi connectivity index (χ0) is 10.8. The van der Waals surface area contributed by atoms with Crippen molar-refractivity contribution in [1.82, 2.24) is 4.98 Å². The number of rotatable bonds is 1. The van der Waals surface area contributed by atoms with Crippen LogP contribution in [0.5, 0.6) is 0 Å². The van der Waals surface area contributed by atoms with E-state index < -0.39 is 11.6 Å². The fourth-order valence-corrected chi connectivity index (χ4v) is 1.25. The van der Waals surface area contributed by atoms with Crippen LogP contribution in [0.1, 0.15) is 0 Å². The number of hydrogen-bond donors (Lipinski definition) is 1. The van der Waals surface area contributed by atoms with Crippen molar-refractivity contribution in [1.29, 1.82) is 0 Å². The fourth-order valence-electron chi connectivity index (χ4n) is 1.25. The molecule has 0 saturated carbocycles. The van der Waals surface area contributed by atoms with Gasteiger partial charge in [0, 0.05) is 5.56 Å². The van der Waals surface area contributed by atoms with Crippen LogP contribution in [0, 0.1) is 11.6 Å². The fraction of sp³-hybridized carbons (Fsp3) is 0. The lowest BCUT2D eigenvalue weighted by Gasteiger charge is -2.02. The Morgan fingerprint density at radius 3 is 2.47 bits per heavy atom. The Morgan fingerprint density at radius 1 is 1.07 bits per heavy atom. The highest BCUT2D eigenvalue weighted by Crippen LogP contribution is 2.21. The molecule has 0 bridgehead atoms. The SMILES string of the molecule is Nc1cc(-c2ccc(F)cn2)ccc1F. The molecule has 15 heavy (non-hydrogen) atoms. The van der Waals surface area contributed by atoms with E-state index in [0.717, 1.165) is 6.20 Å². The molecule has 2 aromatic rings. The minimum atomic E-state index is -0.471. The Labute approximate surface area is 85.4 Å². The molecule has 0 spiro atoms. The average Bonchev–Trinajstić information content (AvgIpc) is 2.23. The van der Waals surface area contributed by atoms with Gasteiger partial charge in [-0.3, -0.25) is 4.98 Å². The number of benzene rings is 1. The molecule has 1 aromatic heterocycles. The largest absolute Gasteiger partial charge is 0.396 e. The van der Waals surface area contributed by atoms with Crippen LogP contribution in [0.3, 0.4) is 0 Å². The van der Waals surface area contributed by atoms with E-state index in [0.29, 0.717) is 11.3 Å². The Hall–Kier alpha value is -1.97. The van der Waals surface area contributed by atoms with Gasteiger partial charge in [-0.25, -0.2) is 8.78 Å². The zero-order valence-electron chi connectivity index (χ0n) is 7.74. The molecule has 2 nitrogen and oxygen atoms in total. The van der Waals surface area contributed by atoms with E-state index in [2.05, 4.69) is 4.98 Å². The van der Waals surface area contributed by atoms with Crippen LogP contribution >= 0.6 is 0 Å². The van der Waals surface area contributed by atoms with Crippen LogP contribution in [-0.2, 0) is 0 Å². The summed E-state index contributed by atoms with van der Waals surface area (Å²) in [5, 5.41) is 0. The van der Waals surface area contributed by atoms with E-state index in [4.69, 9.17) is 5.73 Å². The Morgan fingerprint density at radius 2 is 1.87 bits per heavy atom. The first-order chi connectivity index (χ1) is 7.16. The summed E-state index contributed by atoms with van der Waals surface area (Å²) in [4.78, 5) is 3.87. The van der Waals surface area contributed by atoms with Crippen molar-refractivity contribution in [2.45, 2.75) is 0 Å². The second-order valence-electron chi connectivity index (χ2n) is 3.10. The predicted molar refractivity (Wildman–Crippen MR) is 54.0 cm³/mol. The number of nitrogen functional groups attached to an aromatic ring is 1. The molecule has 1 heterocycles. The summed E-state index contributed by atoms with van der Waals surface area (Å²) in [5.74, 6) is -0.880. The zero-order valence-corrected chi connectivity index (χ0v) is 7.74. The molecule has 0 saturated heterocycles. The van der Waals surface area contributed by atoms with Crippen LogP contribution in [0.4, 0.5) is 14.5 Å². The third-order valence-corrected chi connectivity index (χ3v) is 2.02. The number of nitrogens with two attached hydrogens (primary N) is 1. The molecule has 0 aliphatic carbocycles. The average molecular weight is 206 g/mol. The first-order valence-corrected chi connectivity index (χ1v) is 4.34. The summed E-state index contributed by atoms with van der Waals surface area (Å²) < 4.78 is 25.5. The quantitative estimate of drug-likeness (QED) is 0.728. The third-order valence-electron chi connectivity index (χ3n) is 2.02. The molecule has 4 heteroatoms. The van der Waals surface area contributed by atoms with E-state index in [1.54, 1.807) is 6.07 Å². The van der Waals surface area contributed by atoms with Gasteiger partial charge < -0.3 is 5.73 Å². The third kappa shape index (κ3) is 1.93. The Kier molecular flexibility index (Phi) is 2.33. The minimum absolute atomic E-state index is 0.0543. The Balaban J connectivity index is 2.45. The second kappa shape index (κ2) is 3.65. The highest BCUT2D eigenvalue weighted by Gasteiger charge is 2.03. The van der Waals surface area contributed by atoms with Crippen molar-refractivity contribution in [3.8, 4) is 11.3 Å². The second-order valence-corrected chi connectivity index (χ2v) is 3.10. The molecule has 76 valence electrons. The van der Waals surface area contributed by atoms with Crippen molar-refractivity contribution >= 4 is 5.69 Å². The highest BCUT2D eigenvalue weighted by molar-refractivity contribution is 5.64. The highest BCUT2D eigenvalue weighted by atomic mass is 19.1. The smallest absolute Gasteiger partial charge is 0.146 e. The maximum atomic E-state index is 12.9. The molecular weight excluding hydrogens is 198 g/mol. The van der Waals surface area contributed by atoms with E-state index >= 15 is 0 Å². The number of halogens is 2. The lowest BCUT2D eigenvalue weighted by molar-refractivity contribution is 0.621. The standard InChI is InChI=1S/C11H8F2N2/c12-8-2-4-11(15-6-8)7-1-3-9(13)10(14)5-7/h1-6H,14H2. The van der Waals surface area contributed by atoms with Crippen molar-refractivity contribution < 1.29 is 8.78 Å². The lowest BCUT2D eigenvalue weighted by atomic mass is 10.1. The van der Waals surface area contributed by atoms with Gasteiger partial charge in [0.2, 0.25) is 0 Å². The molecule has 1 aromatic carbocycles. The van der Waals surface area contributed by atoms with Crippen LogP contribution in [0.25, 0.3) is 11.3 Å². The lowest BCUT2D eigenvalue weighted by Crippen LogP contribution is -1.92. The molecule has 0 aliphatic rings. The van der Waals surface area contributed by atoms with Crippen LogP contribution in [0.2, 0.25) is 0 Å². The monoisotopic (exact) mass is 206 g/mol. The summed E-state index contributed by atoms with van der Waals surface area (Å²) in [6.07, 6.45) is 1.11. The van der Waals surface area contributed by atoms with Gasteiger partial charge in [0.1, 0.15) is 11.6 Å². The van der Waals surface area contributed by atoms with Crippen molar-refractivity contribution in [2.24, 2.45) is 0 Å². The van der Waals surface area contributed by atoms with Gasteiger partial charge in [-0.2, -0.15) is 0 Å². The molecule has 0 fully saturated rings. The summed E-state index contributed by atoms with van der Waals surface area (Å²) in [5.41, 5.74) is 6.68. The molecule has 0 aliphatic heterocycles. The van der Waals surface area contributed by atoms with Gasteiger partial charge in [-0.05, 0) is 30.3 Å². The summed E-state index contributed by atoms with van der Waals surface area (Å²) in [6.45, 7) is 0. The summed E-state index contributed by atoms with van der Waals surface area (Å²) in [7, 11) is 0. The molecule has 2 N–H and O–H groups in total. The number of hydrogen-bond acceptors (Lipinski definition) is 2. The van der Waals surface area contributed by atoms with Crippen LogP contribution in [0.15, 0.2) is 36.5 Å². The summed E-state index contributed by atoms with van der Waals surface area (Å²) >= 11 is 0. The van der Waals surface area contributed by atoms with Crippen molar-refractivity contribution in [3.05, 3.63) is 48.2 Å². The van der Waals surface area contributed by atoms with E-state index in [9.17, 15) is 8.78 Å². The van der Waals surface area contributed by atoms with Gasteiger partial charge >= 0.3 is 0 Å². The predicted octanol–water partition coefficient (Wildman–Crippen LogP) is 2.61. The first kappa shape index (κ1) is 9.58. The van der Waals surface area contributed by atoms with Gasteiger partial charge in [0.05, 0.1) is 17.6 Å². The molecule has 0 radical (unpaired) electrons. The van der Waals surface area contributed by atoms with E-state index in [1.165, 1.54) is 24.3 Å². The van der Waals surface area contributed by atoms with E-state index in [-0.39, 0.29) is 5.69 Å². The minimum Gasteiger partial charge on any atom is -0.396 e. The van der Waals surface area contributed by atoms with Gasteiger partial charge in [-0.1, -0.05) is 0 Å². The first-order valence-electron chi connectivity index (χ1n) is 4.34. The Bertz CT molecular complexity index is 480. The number of nitrogens with zero attached hydrogens (tertiary/aromatic N) is 1. The number of pyridine rings is 1. The normalized spacial score (nSPS) is 10.3. The van der Waals surface area contributed by atoms with Crippen LogP contribution in [-0.4, -0.2) is 4.98 Å². The van der Waals surface area contributed by atoms with Crippen LogP contribution < -0.4 is 5.73 Å². The molecule has 0 amide bonds. The number of anilines is 1. The van der Waals surface area contributed by atoms with Gasteiger partial charge in [-0.15, -0.1) is 0 Å². The molecular formula is C11H8F2N2. The topological polar surface area (TPSA) is 38.9 Å². The van der Waals surface area contributed by atoms with Gasteiger partial charge in [0.15, 0.2) is 0 Å². The van der Waals surface area contributed by atoms with Crippen molar-refractivity contribution in [3.63, 3.8) is 0 Å². The van der Waals surface area contributed by atoms with E-state index in [1.807, 2.05) is 0 Å². The maximum absolute atomic E-state index is 12.9. The molecule has 2 rings (SSSR count). The molecule has 0 atom stereocenters. The summed E-state index contributed by atoms with van der Waals surface area (Å²) in [6, 6.07) is 7.08.